The molecule has 0 bridgehead atoms. The van der Waals surface area contributed by atoms with Crippen molar-refractivity contribution in [3.05, 3.63) is 68.0 Å². The summed E-state index contributed by atoms with van der Waals surface area (Å²) in [7, 11) is 0. The normalized spacial score (nSPS) is 12.7. The van der Waals surface area contributed by atoms with E-state index >= 15 is 0 Å². The molecule has 2 N–H and O–H groups in total. The van der Waals surface area contributed by atoms with Gasteiger partial charge in [-0.15, -0.1) is 11.6 Å². The van der Waals surface area contributed by atoms with Crippen molar-refractivity contribution in [2.24, 2.45) is 0 Å². The maximum Gasteiger partial charge on any atom is 0.323 e. The van der Waals surface area contributed by atoms with E-state index in [1.54, 1.807) is 0 Å². The summed E-state index contributed by atoms with van der Waals surface area (Å²) in [6, 6.07) is 12.0. The molecule has 5 heteroatoms. The van der Waals surface area contributed by atoms with Crippen molar-refractivity contribution in [3.8, 4) is 0 Å². The van der Waals surface area contributed by atoms with Gasteiger partial charge in [-0.25, -0.2) is 4.79 Å². The lowest BCUT2D eigenvalue weighted by atomic mass is 10.00. The van der Waals surface area contributed by atoms with Crippen molar-refractivity contribution >= 4 is 38.6 Å². The molecule has 0 radical (unpaired) electrons. The van der Waals surface area contributed by atoms with Gasteiger partial charge in [-0.1, -0.05) is 40.2 Å². The highest BCUT2D eigenvalue weighted by Crippen LogP contribution is 2.33. The van der Waals surface area contributed by atoms with Gasteiger partial charge in [0.15, 0.2) is 0 Å². The Morgan fingerprint density at radius 3 is 2.57 bits per heavy atom. The van der Waals surface area contributed by atoms with Gasteiger partial charge in [-0.3, -0.25) is 0 Å². The lowest BCUT2D eigenvalue weighted by Crippen LogP contribution is -1.99. The summed E-state index contributed by atoms with van der Waals surface area (Å²) in [6.45, 7) is 2.08. The van der Waals surface area contributed by atoms with Gasteiger partial charge in [0.25, 0.3) is 0 Å². The van der Waals surface area contributed by atoms with E-state index in [1.807, 2.05) is 24.3 Å². The minimum Gasteiger partial charge on any atom is -0.306 e. The van der Waals surface area contributed by atoms with Gasteiger partial charge in [0.05, 0.1) is 16.4 Å². The minimum absolute atomic E-state index is 0.164. The van der Waals surface area contributed by atoms with Crippen molar-refractivity contribution in [1.82, 2.24) is 9.97 Å². The number of aromatic amines is 2. The van der Waals surface area contributed by atoms with E-state index in [0.717, 1.165) is 27.5 Å². The van der Waals surface area contributed by atoms with Gasteiger partial charge in [-0.2, -0.15) is 0 Å². The molecule has 1 aromatic heterocycles. The Hall–Kier alpha value is -1.52. The lowest BCUT2D eigenvalue weighted by molar-refractivity contribution is 0.907. The Balaban J connectivity index is 1.97. The largest absolute Gasteiger partial charge is 0.323 e. The van der Waals surface area contributed by atoms with Crippen molar-refractivity contribution in [3.63, 3.8) is 0 Å². The number of benzene rings is 2. The number of hydrogen-bond donors (Lipinski definition) is 2. The van der Waals surface area contributed by atoms with E-state index in [9.17, 15) is 4.79 Å². The van der Waals surface area contributed by atoms with E-state index in [-0.39, 0.29) is 11.1 Å². The molecule has 1 atom stereocenters. The summed E-state index contributed by atoms with van der Waals surface area (Å²) in [4.78, 5) is 16.9. The number of halogens is 2. The Morgan fingerprint density at radius 1 is 1.19 bits per heavy atom. The van der Waals surface area contributed by atoms with Crippen LogP contribution >= 0.6 is 27.5 Å². The number of H-pyrrole nitrogens is 2. The van der Waals surface area contributed by atoms with Gasteiger partial charge in [-0.05, 0) is 42.2 Å². The summed E-state index contributed by atoms with van der Waals surface area (Å²) in [6.07, 6.45) is 0.743. The molecule has 108 valence electrons. The number of aromatic nitrogens is 2. The first-order valence-electron chi connectivity index (χ1n) is 6.64. The van der Waals surface area contributed by atoms with Crippen LogP contribution in [-0.2, 0) is 6.42 Å². The first-order valence-corrected chi connectivity index (χ1v) is 7.87. The van der Waals surface area contributed by atoms with Crippen molar-refractivity contribution in [2.75, 3.05) is 0 Å². The molecule has 0 aliphatic rings. The Bertz CT molecular complexity index is 853. The fraction of sp³-hybridized carbons (Fsp3) is 0.188. The van der Waals surface area contributed by atoms with Crippen LogP contribution < -0.4 is 5.69 Å². The van der Waals surface area contributed by atoms with Crippen LogP contribution in [0, 0.1) is 6.92 Å². The van der Waals surface area contributed by atoms with Crippen LogP contribution in [0.15, 0.2) is 45.7 Å². The Kier molecular flexibility index (Phi) is 3.91. The predicted octanol–water partition coefficient (Wildman–Crippen LogP) is 4.45. The molecule has 2 aromatic carbocycles. The maximum absolute atomic E-state index is 11.4. The molecule has 0 aliphatic heterocycles. The molecule has 0 fully saturated rings. The molecular weight excluding hydrogens is 352 g/mol. The average Bonchev–Trinajstić information content (AvgIpc) is 2.79. The van der Waals surface area contributed by atoms with Crippen LogP contribution in [0.5, 0.6) is 0 Å². The summed E-state index contributed by atoms with van der Waals surface area (Å²) in [5.74, 6) is 0. The summed E-state index contributed by atoms with van der Waals surface area (Å²) in [5.41, 5.74) is 4.77. The van der Waals surface area contributed by atoms with Gasteiger partial charge in [0.2, 0.25) is 0 Å². The Labute approximate surface area is 135 Å². The summed E-state index contributed by atoms with van der Waals surface area (Å²) >= 11 is 10.1. The summed E-state index contributed by atoms with van der Waals surface area (Å²) < 4.78 is 0.902. The van der Waals surface area contributed by atoms with Crippen LogP contribution in [-0.4, -0.2) is 9.97 Å². The molecule has 0 aliphatic carbocycles. The number of fused-ring (bicyclic) bond motifs is 1. The van der Waals surface area contributed by atoms with Gasteiger partial charge in [0, 0.05) is 4.47 Å². The number of nitrogens with one attached hydrogen (secondary N) is 2. The second-order valence-electron chi connectivity index (χ2n) is 5.10. The quantitative estimate of drug-likeness (QED) is 0.662. The molecule has 1 heterocycles. The fourth-order valence-corrected chi connectivity index (χ4v) is 3.55. The molecule has 0 saturated heterocycles. The smallest absolute Gasteiger partial charge is 0.306 e. The molecule has 3 rings (SSSR count). The third-order valence-electron chi connectivity index (χ3n) is 3.63. The van der Waals surface area contributed by atoms with Crippen LogP contribution in [0.4, 0.5) is 0 Å². The highest BCUT2D eigenvalue weighted by Gasteiger charge is 2.15. The first kappa shape index (κ1) is 14.4. The molecule has 0 spiro atoms. The van der Waals surface area contributed by atoms with Gasteiger partial charge >= 0.3 is 5.69 Å². The molecule has 0 saturated carbocycles. The number of rotatable bonds is 3. The molecule has 3 aromatic rings. The number of hydrogen-bond acceptors (Lipinski definition) is 1. The number of aryl methyl sites for hydroxylation is 1. The van der Waals surface area contributed by atoms with Gasteiger partial charge in [0.1, 0.15) is 0 Å². The maximum atomic E-state index is 11.4. The monoisotopic (exact) mass is 364 g/mol. The number of alkyl halides is 1. The molecular formula is C16H14BrClN2O. The van der Waals surface area contributed by atoms with E-state index in [2.05, 4.69) is 45.0 Å². The van der Waals surface area contributed by atoms with E-state index < -0.39 is 0 Å². The molecule has 0 amide bonds. The summed E-state index contributed by atoms with van der Waals surface area (Å²) in [5, 5.41) is -0.164. The Morgan fingerprint density at radius 2 is 1.86 bits per heavy atom. The van der Waals surface area contributed by atoms with E-state index in [0.29, 0.717) is 0 Å². The third-order valence-corrected chi connectivity index (χ3v) is 4.71. The fourth-order valence-electron chi connectivity index (χ4n) is 2.45. The average molecular weight is 366 g/mol. The minimum atomic E-state index is -0.209. The standard InChI is InChI=1S/C16H14BrClN2O/c1-9-4-2-3-5-10(9)6-13(18)11-7-14-15(8-12(11)17)20-16(21)19-14/h2-5,7-8,13H,6H2,1H3,(H2,19,20,21). The van der Waals surface area contributed by atoms with E-state index in [1.165, 1.54) is 11.1 Å². The van der Waals surface area contributed by atoms with Crippen molar-refractivity contribution in [2.45, 2.75) is 18.7 Å². The van der Waals surface area contributed by atoms with Crippen LogP contribution in [0.2, 0.25) is 0 Å². The highest BCUT2D eigenvalue weighted by molar-refractivity contribution is 9.10. The van der Waals surface area contributed by atoms with Crippen molar-refractivity contribution < 1.29 is 0 Å². The molecule has 1 unspecified atom stereocenters. The highest BCUT2D eigenvalue weighted by atomic mass is 79.9. The SMILES string of the molecule is Cc1ccccc1CC(Cl)c1cc2[nH]c(=O)[nH]c2cc1Br. The zero-order valence-electron chi connectivity index (χ0n) is 11.4. The van der Waals surface area contributed by atoms with Crippen LogP contribution in [0.25, 0.3) is 11.0 Å². The molecule has 21 heavy (non-hydrogen) atoms. The lowest BCUT2D eigenvalue weighted by Gasteiger charge is -2.14. The second-order valence-corrected chi connectivity index (χ2v) is 6.48. The van der Waals surface area contributed by atoms with Crippen LogP contribution in [0.1, 0.15) is 22.1 Å². The third kappa shape index (κ3) is 2.92. The zero-order chi connectivity index (χ0) is 15.0. The van der Waals surface area contributed by atoms with E-state index in [4.69, 9.17) is 11.6 Å². The van der Waals surface area contributed by atoms with Crippen molar-refractivity contribution in [1.29, 1.82) is 0 Å². The second kappa shape index (κ2) is 5.70. The topological polar surface area (TPSA) is 48.6 Å². The first-order chi connectivity index (χ1) is 10.0. The van der Waals surface area contributed by atoms with Crippen LogP contribution in [0.3, 0.4) is 0 Å². The number of imidazole rings is 1. The molecule has 3 nitrogen and oxygen atoms in total. The predicted molar refractivity (Wildman–Crippen MR) is 90.1 cm³/mol. The zero-order valence-corrected chi connectivity index (χ0v) is 13.8. The van der Waals surface area contributed by atoms with Gasteiger partial charge < -0.3 is 9.97 Å².